The molecule has 0 radical (unpaired) electrons. The first-order valence-corrected chi connectivity index (χ1v) is 13.8. The molecule has 5 rings (SSSR count). The van der Waals surface area contributed by atoms with E-state index in [0.29, 0.717) is 22.6 Å². The van der Waals surface area contributed by atoms with E-state index in [2.05, 4.69) is 16.8 Å². The van der Waals surface area contributed by atoms with E-state index in [-0.39, 0.29) is 59.1 Å². The molecule has 2 heterocycles. The Kier molecular flexibility index (Phi) is 7.88. The summed E-state index contributed by atoms with van der Waals surface area (Å²) >= 11 is 5.85. The zero-order chi connectivity index (χ0) is 30.2. The van der Waals surface area contributed by atoms with Gasteiger partial charge in [0, 0.05) is 22.6 Å². The molecule has 1 aromatic heterocycles. The van der Waals surface area contributed by atoms with Crippen molar-refractivity contribution in [2.45, 2.75) is 56.7 Å². The summed E-state index contributed by atoms with van der Waals surface area (Å²) in [6.45, 7) is 3.11. The summed E-state index contributed by atoms with van der Waals surface area (Å²) in [6.07, 6.45) is 2.15. The van der Waals surface area contributed by atoms with Crippen LogP contribution in [0.25, 0.3) is 0 Å². The van der Waals surface area contributed by atoms with Gasteiger partial charge in [-0.2, -0.15) is 0 Å². The normalized spacial score (nSPS) is 18.6. The minimum absolute atomic E-state index is 0.00703. The number of amides is 1. The Labute approximate surface area is 247 Å². The van der Waals surface area contributed by atoms with Gasteiger partial charge in [0.25, 0.3) is 0 Å². The number of rotatable bonds is 9. The van der Waals surface area contributed by atoms with Crippen LogP contribution >= 0.6 is 11.6 Å². The van der Waals surface area contributed by atoms with E-state index < -0.39 is 22.7 Å². The fraction of sp³-hybridized carbons (Fsp3) is 0.344. The Balaban J connectivity index is 1.44. The highest BCUT2D eigenvalue weighted by atomic mass is 35.5. The van der Waals surface area contributed by atoms with Crippen LogP contribution in [0, 0.1) is 17.7 Å². The Morgan fingerprint density at radius 3 is 2.64 bits per heavy atom. The number of halogens is 2. The number of hydrogen-bond acceptors (Lipinski definition) is 7. The molecule has 0 spiro atoms. The summed E-state index contributed by atoms with van der Waals surface area (Å²) in [5.74, 6) is 5.36. The van der Waals surface area contributed by atoms with Crippen molar-refractivity contribution in [2.75, 3.05) is 13.7 Å². The predicted octanol–water partition coefficient (Wildman–Crippen LogP) is 4.83. The molecule has 3 N–H and O–H groups in total. The number of Topliss-reactive ketones (excluding diaryl/α,β-unsaturated/α-hetero) is 1. The minimum Gasteiger partial charge on any atom is -0.493 e. The molecule has 2 atom stereocenters. The maximum atomic E-state index is 14.4. The van der Waals surface area contributed by atoms with Crippen molar-refractivity contribution in [3.63, 3.8) is 0 Å². The molecule has 42 heavy (non-hydrogen) atoms. The number of benzene rings is 2. The van der Waals surface area contributed by atoms with Crippen LogP contribution in [-0.4, -0.2) is 41.6 Å². The van der Waals surface area contributed by atoms with E-state index >= 15 is 0 Å². The summed E-state index contributed by atoms with van der Waals surface area (Å²) in [5, 5.41) is 11.7. The minimum atomic E-state index is -1.60. The van der Waals surface area contributed by atoms with Gasteiger partial charge in [0.05, 0.1) is 24.5 Å². The second-order valence-electron chi connectivity index (χ2n) is 11.0. The van der Waals surface area contributed by atoms with Crippen LogP contribution in [0.4, 0.5) is 4.39 Å². The highest BCUT2D eigenvalue weighted by molar-refractivity contribution is 6.30. The van der Waals surface area contributed by atoms with E-state index in [4.69, 9.17) is 31.5 Å². The van der Waals surface area contributed by atoms with Crippen LogP contribution in [0.1, 0.15) is 72.4 Å². The first kappa shape index (κ1) is 29.4. The summed E-state index contributed by atoms with van der Waals surface area (Å²) in [7, 11) is 1.51. The molecule has 10 heteroatoms. The molecule has 1 fully saturated rings. The second-order valence-corrected chi connectivity index (χ2v) is 11.4. The number of carbonyl (C=O) groups excluding carboxylic acids is 2. The number of methoxy groups -OCH3 is 1. The molecule has 0 bridgehead atoms. The molecular weight excluding hydrogens is 563 g/mol. The van der Waals surface area contributed by atoms with Crippen LogP contribution in [0.15, 0.2) is 42.5 Å². The summed E-state index contributed by atoms with van der Waals surface area (Å²) in [5.41, 5.74) is 4.08. The van der Waals surface area contributed by atoms with Crippen molar-refractivity contribution < 1.29 is 33.3 Å². The van der Waals surface area contributed by atoms with Crippen LogP contribution in [0.5, 0.6) is 17.2 Å². The maximum Gasteiger partial charge on any atom is 0.231 e. The van der Waals surface area contributed by atoms with Crippen molar-refractivity contribution in [1.82, 2.24) is 4.98 Å². The van der Waals surface area contributed by atoms with Gasteiger partial charge in [-0.05, 0) is 81.5 Å². The number of nitrogens with two attached hydrogens (primary N) is 1. The smallest absolute Gasteiger partial charge is 0.231 e. The predicted molar refractivity (Wildman–Crippen MR) is 153 cm³/mol. The summed E-state index contributed by atoms with van der Waals surface area (Å²) in [6, 6.07) is 10.7. The fourth-order valence-corrected chi connectivity index (χ4v) is 4.76. The number of fused-ring (bicyclic) bond motifs is 1. The Hall–Kier alpha value is -4.13. The summed E-state index contributed by atoms with van der Waals surface area (Å²) in [4.78, 5) is 30.1. The lowest BCUT2D eigenvalue weighted by Crippen LogP contribution is -2.40. The van der Waals surface area contributed by atoms with E-state index in [1.165, 1.54) is 26.2 Å². The van der Waals surface area contributed by atoms with E-state index in [9.17, 15) is 19.1 Å². The van der Waals surface area contributed by atoms with Crippen LogP contribution in [0.3, 0.4) is 0 Å². The van der Waals surface area contributed by atoms with Gasteiger partial charge in [-0.15, -0.1) is 0 Å². The topological polar surface area (TPSA) is 121 Å². The fourth-order valence-electron chi connectivity index (χ4n) is 4.60. The Bertz CT molecular complexity index is 1640. The van der Waals surface area contributed by atoms with Crippen LogP contribution in [-0.2, 0) is 15.8 Å². The van der Waals surface area contributed by atoms with Crippen molar-refractivity contribution in [2.24, 2.45) is 5.73 Å². The van der Waals surface area contributed by atoms with Crippen molar-refractivity contribution in [1.29, 1.82) is 0 Å². The number of primary amides is 1. The molecule has 0 saturated heterocycles. The molecule has 218 valence electrons. The molecule has 1 aliphatic heterocycles. The lowest BCUT2D eigenvalue weighted by atomic mass is 9.82. The van der Waals surface area contributed by atoms with Crippen LogP contribution < -0.4 is 19.9 Å². The number of hydrogen-bond donors (Lipinski definition) is 2. The monoisotopic (exact) mass is 592 g/mol. The lowest BCUT2D eigenvalue weighted by molar-refractivity contribution is -0.123. The van der Waals surface area contributed by atoms with Gasteiger partial charge >= 0.3 is 0 Å². The third kappa shape index (κ3) is 5.91. The number of aliphatic hydroxyl groups is 1. The third-order valence-corrected chi connectivity index (χ3v) is 7.79. The number of ether oxygens (including phenoxy) is 3. The van der Waals surface area contributed by atoms with Gasteiger partial charge in [-0.3, -0.25) is 9.59 Å². The van der Waals surface area contributed by atoms with Gasteiger partial charge in [0.15, 0.2) is 28.7 Å². The molecule has 8 nitrogen and oxygen atoms in total. The van der Waals surface area contributed by atoms with Crippen molar-refractivity contribution >= 4 is 23.3 Å². The van der Waals surface area contributed by atoms with Crippen molar-refractivity contribution in [3.05, 3.63) is 81.4 Å². The van der Waals surface area contributed by atoms with Gasteiger partial charge in [0.2, 0.25) is 5.91 Å². The van der Waals surface area contributed by atoms with Gasteiger partial charge in [0.1, 0.15) is 23.4 Å². The van der Waals surface area contributed by atoms with Crippen LogP contribution in [0.2, 0.25) is 5.02 Å². The summed E-state index contributed by atoms with van der Waals surface area (Å²) < 4.78 is 31.4. The lowest BCUT2D eigenvalue weighted by Gasteiger charge is -2.25. The van der Waals surface area contributed by atoms with Gasteiger partial charge < -0.3 is 25.1 Å². The van der Waals surface area contributed by atoms with Gasteiger partial charge in [-0.1, -0.05) is 17.5 Å². The van der Waals surface area contributed by atoms with E-state index in [1.807, 2.05) is 0 Å². The Morgan fingerprint density at radius 1 is 1.21 bits per heavy atom. The largest absolute Gasteiger partial charge is 0.493 e. The van der Waals surface area contributed by atoms with E-state index in [1.54, 1.807) is 31.2 Å². The van der Waals surface area contributed by atoms with Gasteiger partial charge in [-0.25, -0.2) is 9.37 Å². The molecular formula is C32H30ClFN2O6. The first-order chi connectivity index (χ1) is 19.9. The number of ketones is 1. The molecule has 1 saturated carbocycles. The second kappa shape index (κ2) is 11.3. The highest BCUT2D eigenvalue weighted by Gasteiger charge is 2.44. The zero-order valence-electron chi connectivity index (χ0n) is 23.4. The standard InChI is InChI=1S/C32H30ClFN2O6/c1-31(30(35)38)17-41-29-22(31)16-28(36-24(29)10-5-18-4-7-20(33)15-23(18)34)32(2,39)13-12-25(37)19-6-11-26(27(14-19)40-3)42-21-8-9-21/h4,6-7,11,14-16,21,39H,8-9,12-13,17H2,1-3H3,(H2,35,38)/t31-,32-/m0/s1. The molecule has 2 aromatic carbocycles. The Morgan fingerprint density at radius 2 is 1.98 bits per heavy atom. The number of pyridine rings is 1. The molecule has 1 aliphatic carbocycles. The molecule has 2 aliphatic rings. The number of aromatic nitrogens is 1. The quantitative estimate of drug-likeness (QED) is 0.270. The highest BCUT2D eigenvalue weighted by Crippen LogP contribution is 2.42. The van der Waals surface area contributed by atoms with E-state index in [0.717, 1.165) is 18.9 Å². The average Bonchev–Trinajstić information content (AvgIpc) is 3.71. The molecule has 3 aromatic rings. The zero-order valence-corrected chi connectivity index (χ0v) is 24.2. The molecule has 1 amide bonds. The average molecular weight is 593 g/mol. The van der Waals surface area contributed by atoms with Crippen molar-refractivity contribution in [3.8, 4) is 29.1 Å². The number of carbonyl (C=O) groups is 2. The maximum absolute atomic E-state index is 14.4. The SMILES string of the molecule is COc1cc(C(=O)CC[C@](C)(O)c2cc3c(c(C#Cc4ccc(Cl)cc4F)n2)OC[C@]3(C)C(N)=O)ccc1OC1CC1. The number of nitrogens with zero attached hydrogens (tertiary/aromatic N) is 1. The first-order valence-electron chi connectivity index (χ1n) is 13.5. The third-order valence-electron chi connectivity index (χ3n) is 7.56. The molecule has 0 unspecified atom stereocenters.